The molecule has 0 aromatic heterocycles. The normalized spacial score (nSPS) is 10.0. The van der Waals surface area contributed by atoms with Gasteiger partial charge in [-0.05, 0) is 36.4 Å². The Morgan fingerprint density at radius 1 is 1.11 bits per heavy atom. The second-order valence-electron chi connectivity index (χ2n) is 4.20. The van der Waals surface area contributed by atoms with E-state index in [1.807, 2.05) is 54.4 Å². The van der Waals surface area contributed by atoms with E-state index in [9.17, 15) is 4.79 Å². The first kappa shape index (κ1) is 13.6. The summed E-state index contributed by atoms with van der Waals surface area (Å²) in [5, 5.41) is 2.89. The minimum absolute atomic E-state index is 0.0652. The van der Waals surface area contributed by atoms with Crippen molar-refractivity contribution < 1.29 is 4.79 Å². The maximum Gasteiger partial charge on any atom is 0.252 e. The van der Waals surface area contributed by atoms with Crippen LogP contribution in [0, 0.1) is 0 Å². The van der Waals surface area contributed by atoms with Crippen molar-refractivity contribution in [2.75, 3.05) is 18.6 Å². The Balaban J connectivity index is 1.92. The lowest BCUT2D eigenvalue weighted by molar-refractivity contribution is 0.0954. The van der Waals surface area contributed by atoms with Gasteiger partial charge in [0.15, 0.2) is 0 Å². The maximum atomic E-state index is 11.9. The van der Waals surface area contributed by atoms with Crippen LogP contribution in [0.15, 0.2) is 59.1 Å². The standard InChI is InChI=1S/C15H15BrN2O/c1-18(14-9-7-13(16)8-10-14)11-17-15(19)12-5-3-2-4-6-12/h2-10H,11H2,1H3,(H,17,19). The Morgan fingerprint density at radius 3 is 2.37 bits per heavy atom. The molecule has 0 radical (unpaired) electrons. The molecule has 2 rings (SSSR count). The molecule has 0 fully saturated rings. The number of hydrogen-bond acceptors (Lipinski definition) is 2. The van der Waals surface area contributed by atoms with Crippen molar-refractivity contribution >= 4 is 27.5 Å². The number of halogens is 1. The third kappa shape index (κ3) is 3.83. The summed E-state index contributed by atoms with van der Waals surface area (Å²) in [5.74, 6) is -0.0652. The fourth-order valence-electron chi connectivity index (χ4n) is 1.67. The summed E-state index contributed by atoms with van der Waals surface area (Å²) in [5.41, 5.74) is 1.73. The van der Waals surface area contributed by atoms with Crippen molar-refractivity contribution in [2.24, 2.45) is 0 Å². The number of hydrogen-bond donors (Lipinski definition) is 1. The van der Waals surface area contributed by atoms with Crippen LogP contribution in [-0.4, -0.2) is 19.6 Å². The van der Waals surface area contributed by atoms with Gasteiger partial charge in [0, 0.05) is 22.8 Å². The molecule has 0 bridgehead atoms. The zero-order chi connectivity index (χ0) is 13.7. The fourth-order valence-corrected chi connectivity index (χ4v) is 1.93. The van der Waals surface area contributed by atoms with Gasteiger partial charge in [-0.2, -0.15) is 0 Å². The molecule has 0 aliphatic rings. The molecule has 0 unspecified atom stereocenters. The van der Waals surface area contributed by atoms with E-state index in [-0.39, 0.29) is 5.91 Å². The SMILES string of the molecule is CN(CNC(=O)c1ccccc1)c1ccc(Br)cc1. The van der Waals surface area contributed by atoms with E-state index in [4.69, 9.17) is 0 Å². The predicted octanol–water partition coefficient (Wildman–Crippen LogP) is 3.27. The highest BCUT2D eigenvalue weighted by atomic mass is 79.9. The van der Waals surface area contributed by atoms with Crippen molar-refractivity contribution in [2.45, 2.75) is 0 Å². The van der Waals surface area contributed by atoms with Crippen molar-refractivity contribution in [3.8, 4) is 0 Å². The molecule has 0 aliphatic carbocycles. The zero-order valence-electron chi connectivity index (χ0n) is 10.6. The molecule has 0 saturated heterocycles. The lowest BCUT2D eigenvalue weighted by Gasteiger charge is -2.19. The Kier molecular flexibility index (Phi) is 4.58. The molecule has 98 valence electrons. The average Bonchev–Trinajstić information content (AvgIpc) is 2.46. The topological polar surface area (TPSA) is 32.3 Å². The first-order valence-corrected chi connectivity index (χ1v) is 6.76. The van der Waals surface area contributed by atoms with Gasteiger partial charge in [0.05, 0.1) is 6.67 Å². The first-order chi connectivity index (χ1) is 9.16. The quantitative estimate of drug-likeness (QED) is 0.877. The van der Waals surface area contributed by atoms with E-state index in [0.29, 0.717) is 12.2 Å². The molecule has 0 saturated carbocycles. The lowest BCUT2D eigenvalue weighted by Crippen LogP contribution is -2.35. The minimum atomic E-state index is -0.0652. The molecule has 0 spiro atoms. The summed E-state index contributed by atoms with van der Waals surface area (Å²) in [4.78, 5) is 13.9. The van der Waals surface area contributed by atoms with Crippen molar-refractivity contribution in [1.29, 1.82) is 0 Å². The largest absolute Gasteiger partial charge is 0.357 e. The third-order valence-electron chi connectivity index (χ3n) is 2.78. The summed E-state index contributed by atoms with van der Waals surface area (Å²) >= 11 is 3.40. The highest BCUT2D eigenvalue weighted by Crippen LogP contribution is 2.16. The van der Waals surface area contributed by atoms with E-state index >= 15 is 0 Å². The predicted molar refractivity (Wildman–Crippen MR) is 81.3 cm³/mol. The van der Waals surface area contributed by atoms with Crippen LogP contribution in [0.4, 0.5) is 5.69 Å². The Hall–Kier alpha value is -1.81. The lowest BCUT2D eigenvalue weighted by atomic mass is 10.2. The van der Waals surface area contributed by atoms with Crippen LogP contribution in [0.3, 0.4) is 0 Å². The monoisotopic (exact) mass is 318 g/mol. The molecular weight excluding hydrogens is 304 g/mol. The molecule has 3 nitrogen and oxygen atoms in total. The molecule has 19 heavy (non-hydrogen) atoms. The van der Waals surface area contributed by atoms with E-state index in [1.54, 1.807) is 12.1 Å². The number of nitrogens with zero attached hydrogens (tertiary/aromatic N) is 1. The summed E-state index contributed by atoms with van der Waals surface area (Å²) in [6.45, 7) is 0.468. The first-order valence-electron chi connectivity index (χ1n) is 5.97. The van der Waals surface area contributed by atoms with Crippen LogP contribution in [0.5, 0.6) is 0 Å². The van der Waals surface area contributed by atoms with Crippen molar-refractivity contribution in [3.63, 3.8) is 0 Å². The number of nitrogens with one attached hydrogen (secondary N) is 1. The van der Waals surface area contributed by atoms with E-state index < -0.39 is 0 Å². The molecule has 2 aromatic carbocycles. The minimum Gasteiger partial charge on any atom is -0.357 e. The number of carbonyl (C=O) groups is 1. The van der Waals surface area contributed by atoms with Crippen LogP contribution in [0.1, 0.15) is 10.4 Å². The van der Waals surface area contributed by atoms with Gasteiger partial charge in [-0.1, -0.05) is 34.1 Å². The van der Waals surface area contributed by atoms with Crippen molar-refractivity contribution in [1.82, 2.24) is 5.32 Å². The number of anilines is 1. The van der Waals surface area contributed by atoms with Gasteiger partial charge in [0.1, 0.15) is 0 Å². The van der Waals surface area contributed by atoms with E-state index in [0.717, 1.165) is 10.2 Å². The van der Waals surface area contributed by atoms with Gasteiger partial charge in [-0.15, -0.1) is 0 Å². The van der Waals surface area contributed by atoms with Gasteiger partial charge in [-0.3, -0.25) is 4.79 Å². The Morgan fingerprint density at radius 2 is 1.74 bits per heavy atom. The van der Waals surface area contributed by atoms with Crippen LogP contribution in [0.2, 0.25) is 0 Å². The molecule has 1 N–H and O–H groups in total. The second-order valence-corrected chi connectivity index (χ2v) is 5.12. The zero-order valence-corrected chi connectivity index (χ0v) is 12.2. The van der Waals surface area contributed by atoms with Gasteiger partial charge in [0.2, 0.25) is 0 Å². The Labute approximate surface area is 121 Å². The molecule has 1 amide bonds. The average molecular weight is 319 g/mol. The van der Waals surface area contributed by atoms with Gasteiger partial charge in [0.25, 0.3) is 5.91 Å². The molecule has 0 atom stereocenters. The van der Waals surface area contributed by atoms with Gasteiger partial charge >= 0.3 is 0 Å². The van der Waals surface area contributed by atoms with Crippen LogP contribution >= 0.6 is 15.9 Å². The maximum absolute atomic E-state index is 11.9. The third-order valence-corrected chi connectivity index (χ3v) is 3.31. The smallest absolute Gasteiger partial charge is 0.252 e. The molecule has 0 aliphatic heterocycles. The van der Waals surface area contributed by atoms with E-state index in [2.05, 4.69) is 21.2 Å². The molecule has 2 aromatic rings. The number of carbonyl (C=O) groups excluding carboxylic acids is 1. The molecule has 4 heteroatoms. The van der Waals surface area contributed by atoms with Crippen molar-refractivity contribution in [3.05, 3.63) is 64.6 Å². The number of rotatable bonds is 4. The highest BCUT2D eigenvalue weighted by Gasteiger charge is 2.05. The second kappa shape index (κ2) is 6.38. The Bertz CT molecular complexity index is 540. The van der Waals surface area contributed by atoms with E-state index in [1.165, 1.54) is 0 Å². The van der Waals surface area contributed by atoms with Crippen LogP contribution in [0.25, 0.3) is 0 Å². The summed E-state index contributed by atoms with van der Waals surface area (Å²) in [6, 6.07) is 17.2. The van der Waals surface area contributed by atoms with Crippen LogP contribution in [-0.2, 0) is 0 Å². The molecule has 0 heterocycles. The van der Waals surface area contributed by atoms with Crippen LogP contribution < -0.4 is 10.2 Å². The fraction of sp³-hybridized carbons (Fsp3) is 0.133. The summed E-state index contributed by atoms with van der Waals surface area (Å²) < 4.78 is 1.04. The molecular formula is C15H15BrN2O. The highest BCUT2D eigenvalue weighted by molar-refractivity contribution is 9.10. The van der Waals surface area contributed by atoms with Gasteiger partial charge < -0.3 is 10.2 Å². The summed E-state index contributed by atoms with van der Waals surface area (Å²) in [6.07, 6.45) is 0. The summed E-state index contributed by atoms with van der Waals surface area (Å²) in [7, 11) is 1.94. The van der Waals surface area contributed by atoms with Gasteiger partial charge in [-0.25, -0.2) is 0 Å². The number of amides is 1. The number of benzene rings is 2.